The minimum Gasteiger partial charge on any atom is -0.497 e. The summed E-state index contributed by atoms with van der Waals surface area (Å²) < 4.78 is 5.24. The quantitative estimate of drug-likeness (QED) is 0.482. The molecule has 2 aromatic carbocycles. The molecular weight excluding hydrogens is 459 g/mol. The van der Waals surface area contributed by atoms with E-state index in [0.29, 0.717) is 28.6 Å². The molecule has 5 nitrogen and oxygen atoms in total. The molecule has 1 atom stereocenters. The predicted molar refractivity (Wildman–Crippen MR) is 133 cm³/mol. The Balaban J connectivity index is 1.84. The fourth-order valence-corrected chi connectivity index (χ4v) is 4.88. The second-order valence-electron chi connectivity index (χ2n) is 8.51. The first kappa shape index (κ1) is 25.4. The summed E-state index contributed by atoms with van der Waals surface area (Å²) in [5.41, 5.74) is 1.49. The summed E-state index contributed by atoms with van der Waals surface area (Å²) in [6.07, 6.45) is 5.99. The molecule has 0 aliphatic heterocycles. The lowest BCUT2D eigenvalue weighted by Gasteiger charge is -2.33. The van der Waals surface area contributed by atoms with Crippen molar-refractivity contribution in [1.82, 2.24) is 10.2 Å². The third kappa shape index (κ3) is 6.87. The van der Waals surface area contributed by atoms with E-state index in [4.69, 9.17) is 27.9 Å². The van der Waals surface area contributed by atoms with Crippen molar-refractivity contribution in [2.75, 3.05) is 7.11 Å². The van der Waals surface area contributed by atoms with Crippen molar-refractivity contribution in [2.24, 2.45) is 0 Å². The normalized spacial score (nSPS) is 15.0. The molecule has 178 valence electrons. The Kier molecular flexibility index (Phi) is 9.45. The number of methoxy groups -OCH3 is 1. The Bertz CT molecular complexity index is 923. The number of carbonyl (C=O) groups is 2. The molecule has 1 unspecified atom stereocenters. The molecule has 33 heavy (non-hydrogen) atoms. The molecule has 2 aromatic rings. The molecule has 1 fully saturated rings. The number of rotatable bonds is 9. The molecule has 0 spiro atoms. The van der Waals surface area contributed by atoms with Gasteiger partial charge < -0.3 is 15.0 Å². The lowest BCUT2D eigenvalue weighted by atomic mass is 9.95. The van der Waals surface area contributed by atoms with Crippen LogP contribution in [0.5, 0.6) is 5.75 Å². The monoisotopic (exact) mass is 490 g/mol. The summed E-state index contributed by atoms with van der Waals surface area (Å²) in [6, 6.07) is 12.3. The van der Waals surface area contributed by atoms with Crippen molar-refractivity contribution in [3.8, 4) is 5.75 Å². The number of nitrogens with zero attached hydrogens (tertiary/aromatic N) is 1. The molecule has 0 heterocycles. The molecule has 1 aliphatic carbocycles. The highest BCUT2D eigenvalue weighted by Gasteiger charge is 2.31. The molecule has 0 bridgehead atoms. The molecule has 0 saturated heterocycles. The molecule has 0 radical (unpaired) electrons. The minimum absolute atomic E-state index is 0.0296. The Morgan fingerprint density at radius 2 is 1.70 bits per heavy atom. The average Bonchev–Trinajstić information content (AvgIpc) is 2.82. The van der Waals surface area contributed by atoms with Crippen LogP contribution in [0.15, 0.2) is 42.5 Å². The van der Waals surface area contributed by atoms with Gasteiger partial charge in [0.2, 0.25) is 11.8 Å². The zero-order valence-corrected chi connectivity index (χ0v) is 20.8. The van der Waals surface area contributed by atoms with E-state index in [1.807, 2.05) is 31.2 Å². The highest BCUT2D eigenvalue weighted by atomic mass is 35.5. The Morgan fingerprint density at radius 1 is 1.06 bits per heavy atom. The van der Waals surface area contributed by atoms with E-state index in [1.54, 1.807) is 30.2 Å². The number of carbonyl (C=O) groups excluding carboxylic acids is 2. The zero-order valence-electron chi connectivity index (χ0n) is 19.3. The Labute approximate surface area is 206 Å². The van der Waals surface area contributed by atoms with Gasteiger partial charge in [-0.15, -0.1) is 0 Å². The van der Waals surface area contributed by atoms with Gasteiger partial charge in [0.1, 0.15) is 11.8 Å². The highest BCUT2D eigenvalue weighted by Crippen LogP contribution is 2.26. The number of hydrogen-bond acceptors (Lipinski definition) is 3. The van der Waals surface area contributed by atoms with Gasteiger partial charge in [0.05, 0.1) is 13.5 Å². The van der Waals surface area contributed by atoms with Crippen LogP contribution in [0.3, 0.4) is 0 Å². The van der Waals surface area contributed by atoms with E-state index in [-0.39, 0.29) is 24.3 Å². The van der Waals surface area contributed by atoms with Gasteiger partial charge >= 0.3 is 0 Å². The van der Waals surface area contributed by atoms with Crippen LogP contribution in [0, 0.1) is 0 Å². The van der Waals surface area contributed by atoms with Gasteiger partial charge in [0.15, 0.2) is 0 Å². The summed E-state index contributed by atoms with van der Waals surface area (Å²) >= 11 is 12.7. The smallest absolute Gasteiger partial charge is 0.243 e. The summed E-state index contributed by atoms with van der Waals surface area (Å²) in [6.45, 7) is 2.24. The maximum Gasteiger partial charge on any atom is 0.243 e. The number of hydrogen-bond donors (Lipinski definition) is 1. The maximum absolute atomic E-state index is 13.5. The fraction of sp³-hybridized carbons (Fsp3) is 0.462. The van der Waals surface area contributed by atoms with Crippen molar-refractivity contribution >= 4 is 35.0 Å². The first-order valence-electron chi connectivity index (χ1n) is 11.6. The minimum atomic E-state index is -0.581. The van der Waals surface area contributed by atoms with Crippen LogP contribution in [-0.4, -0.2) is 35.9 Å². The van der Waals surface area contributed by atoms with Crippen LogP contribution >= 0.6 is 23.2 Å². The van der Waals surface area contributed by atoms with E-state index in [2.05, 4.69) is 5.32 Å². The van der Waals surface area contributed by atoms with Crippen LogP contribution in [0.4, 0.5) is 0 Å². The van der Waals surface area contributed by atoms with Gasteiger partial charge in [0, 0.05) is 22.6 Å². The van der Waals surface area contributed by atoms with Gasteiger partial charge in [-0.05, 0) is 54.7 Å². The summed E-state index contributed by atoms with van der Waals surface area (Å²) in [7, 11) is 1.61. The van der Waals surface area contributed by atoms with Crippen LogP contribution in [0.2, 0.25) is 10.0 Å². The van der Waals surface area contributed by atoms with Crippen LogP contribution in [-0.2, 0) is 22.6 Å². The van der Waals surface area contributed by atoms with E-state index >= 15 is 0 Å². The largest absolute Gasteiger partial charge is 0.497 e. The van der Waals surface area contributed by atoms with Gasteiger partial charge in [-0.2, -0.15) is 0 Å². The first-order valence-corrected chi connectivity index (χ1v) is 12.3. The number of benzene rings is 2. The lowest BCUT2D eigenvalue weighted by Crippen LogP contribution is -2.52. The first-order chi connectivity index (χ1) is 15.9. The van der Waals surface area contributed by atoms with E-state index in [1.165, 1.54) is 6.42 Å². The molecule has 7 heteroatoms. The lowest BCUT2D eigenvalue weighted by molar-refractivity contribution is -0.141. The number of ether oxygens (including phenoxy) is 1. The van der Waals surface area contributed by atoms with E-state index in [0.717, 1.165) is 37.0 Å². The van der Waals surface area contributed by atoms with Crippen molar-refractivity contribution in [1.29, 1.82) is 0 Å². The fourth-order valence-electron chi connectivity index (χ4n) is 4.35. The van der Waals surface area contributed by atoms with Crippen LogP contribution in [0.1, 0.15) is 56.6 Å². The van der Waals surface area contributed by atoms with Crippen molar-refractivity contribution < 1.29 is 14.3 Å². The molecule has 1 aliphatic rings. The molecule has 3 rings (SSSR count). The summed E-state index contributed by atoms with van der Waals surface area (Å²) in [5, 5.41) is 4.08. The van der Waals surface area contributed by atoms with Gasteiger partial charge in [-0.1, -0.05) is 67.6 Å². The third-order valence-corrected chi connectivity index (χ3v) is 6.95. The summed E-state index contributed by atoms with van der Waals surface area (Å²) in [5.74, 6) is 0.449. The molecule has 2 amide bonds. The van der Waals surface area contributed by atoms with Gasteiger partial charge in [0.25, 0.3) is 0 Å². The number of nitrogens with one attached hydrogen (secondary N) is 1. The van der Waals surface area contributed by atoms with Crippen LogP contribution in [0.25, 0.3) is 0 Å². The van der Waals surface area contributed by atoms with Crippen molar-refractivity contribution in [3.05, 3.63) is 63.6 Å². The van der Waals surface area contributed by atoms with Gasteiger partial charge in [-0.25, -0.2) is 0 Å². The maximum atomic E-state index is 13.5. The highest BCUT2D eigenvalue weighted by molar-refractivity contribution is 6.36. The average molecular weight is 491 g/mol. The SMILES string of the molecule is CCC(C(=O)NC1CCCCC1)N(Cc1ccc(OC)cc1)C(=O)Cc1c(Cl)cccc1Cl. The molecule has 0 aromatic heterocycles. The molecule has 1 N–H and O–H groups in total. The third-order valence-electron chi connectivity index (χ3n) is 6.24. The second kappa shape index (κ2) is 12.3. The Morgan fingerprint density at radius 3 is 2.27 bits per heavy atom. The van der Waals surface area contributed by atoms with Crippen molar-refractivity contribution in [3.63, 3.8) is 0 Å². The van der Waals surface area contributed by atoms with E-state index < -0.39 is 6.04 Å². The predicted octanol–water partition coefficient (Wildman–Crippen LogP) is 5.80. The van der Waals surface area contributed by atoms with Crippen LogP contribution < -0.4 is 10.1 Å². The zero-order chi connectivity index (χ0) is 23.8. The molecule has 1 saturated carbocycles. The van der Waals surface area contributed by atoms with Crippen molar-refractivity contribution in [2.45, 2.75) is 70.5 Å². The second-order valence-corrected chi connectivity index (χ2v) is 9.33. The summed E-state index contributed by atoms with van der Waals surface area (Å²) in [4.78, 5) is 28.5. The number of amides is 2. The van der Waals surface area contributed by atoms with E-state index in [9.17, 15) is 9.59 Å². The molecular formula is C26H32Cl2N2O3. The van der Waals surface area contributed by atoms with Gasteiger partial charge in [-0.3, -0.25) is 9.59 Å². The Hall–Kier alpha value is -2.24. The number of halogens is 2. The topological polar surface area (TPSA) is 58.6 Å². The standard InChI is InChI=1S/C26H32Cl2N2O3/c1-3-24(26(32)29-19-8-5-4-6-9-19)30(17-18-12-14-20(33-2)15-13-18)25(31)16-21-22(27)10-7-11-23(21)28/h7,10-15,19,24H,3-6,8-9,16-17H2,1-2H3,(H,29,32).